The van der Waals surface area contributed by atoms with Crippen LogP contribution in [-0.4, -0.2) is 16.5 Å². The van der Waals surface area contributed by atoms with Gasteiger partial charge in [-0.3, -0.25) is 4.79 Å². The minimum Gasteiger partial charge on any atom is -0.390 e. The molecule has 5 fully saturated rings. The molecule has 0 radical (unpaired) electrons. The van der Waals surface area contributed by atoms with E-state index in [1.165, 1.54) is 44.9 Å². The highest BCUT2D eigenvalue weighted by molar-refractivity contribution is 5.82. The van der Waals surface area contributed by atoms with E-state index in [0.29, 0.717) is 33.9 Å². The van der Waals surface area contributed by atoms with E-state index in [1.54, 1.807) is 0 Å². The highest BCUT2D eigenvalue weighted by Crippen LogP contribution is 2.77. The van der Waals surface area contributed by atoms with Gasteiger partial charge in [0.05, 0.1) is 5.60 Å². The van der Waals surface area contributed by atoms with Crippen molar-refractivity contribution < 1.29 is 9.90 Å². The Morgan fingerprint density at radius 2 is 1.32 bits per heavy atom. The molecule has 5 aliphatic rings. The lowest BCUT2D eigenvalue weighted by molar-refractivity contribution is -0.273. The summed E-state index contributed by atoms with van der Waals surface area (Å²) in [6.07, 6.45) is 12.5. The molecule has 0 saturated heterocycles. The molecular weight excluding hydrogens is 380 g/mol. The van der Waals surface area contributed by atoms with Crippen molar-refractivity contribution in [3.63, 3.8) is 0 Å². The first-order valence-electron chi connectivity index (χ1n) is 13.5. The quantitative estimate of drug-likeness (QED) is 0.443. The summed E-state index contributed by atoms with van der Waals surface area (Å²) >= 11 is 0. The summed E-state index contributed by atoms with van der Waals surface area (Å²) < 4.78 is 0. The second-order valence-electron chi connectivity index (χ2n) is 14.7. The summed E-state index contributed by atoms with van der Waals surface area (Å²) in [5, 5.41) is 11.9. The molecule has 5 aliphatic carbocycles. The minimum absolute atomic E-state index is 0.187. The summed E-state index contributed by atoms with van der Waals surface area (Å²) in [6.45, 7) is 17.4. The van der Waals surface area contributed by atoms with Gasteiger partial charge in [-0.2, -0.15) is 0 Å². The van der Waals surface area contributed by atoms with E-state index in [4.69, 9.17) is 0 Å². The van der Waals surface area contributed by atoms with Crippen LogP contribution in [-0.2, 0) is 4.79 Å². The SMILES string of the molecule is CC1C(=O)CCC2C1(C)CCC1C2(C)CCC2(C)C3CC(C)(C)CCC3(O)CCC12C. The van der Waals surface area contributed by atoms with Crippen molar-refractivity contribution in [2.24, 2.45) is 50.7 Å². The second-order valence-corrected chi connectivity index (χ2v) is 14.7. The molecule has 0 aromatic heterocycles. The Balaban J connectivity index is 1.55. The van der Waals surface area contributed by atoms with Crippen molar-refractivity contribution in [2.45, 2.75) is 125 Å². The Labute approximate surface area is 191 Å². The maximum atomic E-state index is 12.7. The number of hydrogen-bond acceptors (Lipinski definition) is 2. The minimum atomic E-state index is -0.438. The van der Waals surface area contributed by atoms with E-state index >= 15 is 0 Å². The molecule has 176 valence electrons. The van der Waals surface area contributed by atoms with Gasteiger partial charge in [0.2, 0.25) is 0 Å². The largest absolute Gasteiger partial charge is 0.390 e. The Morgan fingerprint density at radius 1 is 0.710 bits per heavy atom. The van der Waals surface area contributed by atoms with Crippen LogP contribution in [0.3, 0.4) is 0 Å². The van der Waals surface area contributed by atoms with Gasteiger partial charge >= 0.3 is 0 Å². The van der Waals surface area contributed by atoms with E-state index in [-0.39, 0.29) is 16.7 Å². The van der Waals surface area contributed by atoms with Gasteiger partial charge in [-0.25, -0.2) is 0 Å². The lowest BCUT2D eigenvalue weighted by atomic mass is 9.31. The summed E-state index contributed by atoms with van der Waals surface area (Å²) in [7, 11) is 0. The topological polar surface area (TPSA) is 37.3 Å². The highest BCUT2D eigenvalue weighted by Gasteiger charge is 2.71. The average Bonchev–Trinajstić information content (AvgIpc) is 2.69. The van der Waals surface area contributed by atoms with E-state index in [2.05, 4.69) is 48.5 Å². The third-order valence-electron chi connectivity index (χ3n) is 13.3. The number of ketones is 1. The molecule has 5 rings (SSSR count). The van der Waals surface area contributed by atoms with Crippen LogP contribution in [0.1, 0.15) is 119 Å². The summed E-state index contributed by atoms with van der Waals surface area (Å²) in [5.41, 5.74) is 0.973. The van der Waals surface area contributed by atoms with Gasteiger partial charge in [-0.15, -0.1) is 0 Å². The third-order valence-corrected chi connectivity index (χ3v) is 13.3. The van der Waals surface area contributed by atoms with Gasteiger partial charge in [0, 0.05) is 12.3 Å². The van der Waals surface area contributed by atoms with Gasteiger partial charge in [0.25, 0.3) is 0 Å². The van der Waals surface area contributed by atoms with Crippen LogP contribution in [0.5, 0.6) is 0 Å². The molecule has 31 heavy (non-hydrogen) atoms. The van der Waals surface area contributed by atoms with Gasteiger partial charge in [0.1, 0.15) is 5.78 Å². The molecule has 5 saturated carbocycles. The fraction of sp³-hybridized carbons (Fsp3) is 0.966. The van der Waals surface area contributed by atoms with Gasteiger partial charge in [-0.1, -0.05) is 48.5 Å². The van der Waals surface area contributed by atoms with Crippen LogP contribution in [0.2, 0.25) is 0 Å². The number of Topliss-reactive ketones (excluding diaryl/α,β-unsaturated/α-hetero) is 1. The van der Waals surface area contributed by atoms with Crippen LogP contribution in [0, 0.1) is 50.7 Å². The number of carbonyl (C=O) groups excluding carboxylic acids is 1. The number of aliphatic hydroxyl groups is 1. The van der Waals surface area contributed by atoms with E-state index in [1.807, 2.05) is 0 Å². The molecule has 9 unspecified atom stereocenters. The van der Waals surface area contributed by atoms with Crippen molar-refractivity contribution in [1.29, 1.82) is 0 Å². The zero-order valence-electron chi connectivity index (χ0n) is 21.4. The first-order chi connectivity index (χ1) is 14.2. The zero-order chi connectivity index (χ0) is 22.7. The van der Waals surface area contributed by atoms with Gasteiger partial charge in [0.15, 0.2) is 0 Å². The smallest absolute Gasteiger partial charge is 0.136 e. The molecule has 0 aromatic carbocycles. The Bertz CT molecular complexity index is 786. The molecule has 0 heterocycles. The van der Waals surface area contributed by atoms with Crippen LogP contribution >= 0.6 is 0 Å². The second kappa shape index (κ2) is 6.39. The van der Waals surface area contributed by atoms with Crippen LogP contribution in [0.15, 0.2) is 0 Å². The predicted octanol–water partition coefficient (Wildman–Crippen LogP) is 7.18. The van der Waals surface area contributed by atoms with Crippen LogP contribution < -0.4 is 0 Å². The van der Waals surface area contributed by atoms with Gasteiger partial charge < -0.3 is 5.11 Å². The van der Waals surface area contributed by atoms with E-state index < -0.39 is 5.60 Å². The molecule has 2 heteroatoms. The van der Waals surface area contributed by atoms with Crippen LogP contribution in [0.25, 0.3) is 0 Å². The van der Waals surface area contributed by atoms with Crippen molar-refractivity contribution in [3.8, 4) is 0 Å². The molecular formula is C29H48O2. The van der Waals surface area contributed by atoms with Crippen molar-refractivity contribution >= 4 is 5.78 Å². The van der Waals surface area contributed by atoms with Crippen molar-refractivity contribution in [1.82, 2.24) is 0 Å². The van der Waals surface area contributed by atoms with Gasteiger partial charge in [-0.05, 0) is 109 Å². The highest BCUT2D eigenvalue weighted by atomic mass is 16.3. The maximum Gasteiger partial charge on any atom is 0.136 e. The fourth-order valence-electron chi connectivity index (χ4n) is 10.8. The Morgan fingerprint density at radius 3 is 2.03 bits per heavy atom. The van der Waals surface area contributed by atoms with Crippen LogP contribution in [0.4, 0.5) is 0 Å². The zero-order valence-corrected chi connectivity index (χ0v) is 21.4. The van der Waals surface area contributed by atoms with Crippen molar-refractivity contribution in [2.75, 3.05) is 0 Å². The summed E-state index contributed by atoms with van der Waals surface area (Å²) in [6, 6.07) is 0. The number of rotatable bonds is 0. The molecule has 0 amide bonds. The maximum absolute atomic E-state index is 12.7. The Hall–Kier alpha value is -0.370. The summed E-state index contributed by atoms with van der Waals surface area (Å²) in [4.78, 5) is 12.7. The molecule has 1 N–H and O–H groups in total. The monoisotopic (exact) mass is 428 g/mol. The molecule has 0 aromatic rings. The standard InChI is InChI=1S/C29H48O2/c1-19-20(30)8-9-21-25(19,4)11-10-22-26(21,5)13-14-28(7)23-18-24(2,3)12-16-29(23,31)17-15-27(22,28)6/h19,21-23,31H,8-18H2,1-7H3. The summed E-state index contributed by atoms with van der Waals surface area (Å²) in [5.74, 6) is 2.58. The van der Waals surface area contributed by atoms with E-state index in [0.717, 1.165) is 31.6 Å². The molecule has 9 atom stereocenters. The van der Waals surface area contributed by atoms with E-state index in [9.17, 15) is 9.90 Å². The fourth-order valence-corrected chi connectivity index (χ4v) is 10.8. The molecule has 0 bridgehead atoms. The third kappa shape index (κ3) is 2.69. The lowest BCUT2D eigenvalue weighted by Gasteiger charge is -2.74. The molecule has 2 nitrogen and oxygen atoms in total. The van der Waals surface area contributed by atoms with Crippen molar-refractivity contribution in [3.05, 3.63) is 0 Å². The first-order valence-corrected chi connectivity index (χ1v) is 13.5. The number of hydrogen-bond donors (Lipinski definition) is 1. The number of carbonyl (C=O) groups is 1. The predicted molar refractivity (Wildman–Crippen MR) is 127 cm³/mol. The molecule has 0 spiro atoms. The lowest BCUT2D eigenvalue weighted by Crippen LogP contribution is -2.69. The molecule has 0 aliphatic heterocycles. The Kier molecular flexibility index (Phi) is 4.63. The first kappa shape index (κ1) is 22.4. The average molecular weight is 429 g/mol. The normalized spacial score (nSPS) is 58.5. The number of fused-ring (bicyclic) bond motifs is 7.